The second-order valence-corrected chi connectivity index (χ2v) is 4.68. The first-order chi connectivity index (χ1) is 8.88. The van der Waals surface area contributed by atoms with Crippen LogP contribution in [0.5, 0.6) is 0 Å². The van der Waals surface area contributed by atoms with Crippen LogP contribution in [0.1, 0.15) is 44.9 Å². The normalized spacial score (nSPS) is 20.5. The van der Waals surface area contributed by atoms with Gasteiger partial charge in [0.2, 0.25) is 6.29 Å². The van der Waals surface area contributed by atoms with Crippen LogP contribution in [0, 0.1) is 6.92 Å². The first kappa shape index (κ1) is 13.5. The van der Waals surface area contributed by atoms with Gasteiger partial charge in [-0.05, 0) is 44.8 Å². The summed E-state index contributed by atoms with van der Waals surface area (Å²) in [6.45, 7) is 4.80. The largest absolute Gasteiger partial charge is 0.498 e. The summed E-state index contributed by atoms with van der Waals surface area (Å²) in [5, 5.41) is 0. The van der Waals surface area contributed by atoms with Crippen molar-refractivity contribution in [2.45, 2.75) is 51.2 Å². The van der Waals surface area contributed by atoms with Crippen LogP contribution in [-0.2, 0) is 14.2 Å². The van der Waals surface area contributed by atoms with Gasteiger partial charge in [0.1, 0.15) is 0 Å². The number of hydrogen-bond acceptors (Lipinski definition) is 3. The lowest BCUT2D eigenvalue weighted by molar-refractivity contribution is -0.119. The van der Waals surface area contributed by atoms with Crippen LogP contribution in [0.25, 0.3) is 0 Å². The van der Waals surface area contributed by atoms with Gasteiger partial charge >= 0.3 is 0 Å². The Morgan fingerprint density at radius 3 is 2.44 bits per heavy atom. The lowest BCUT2D eigenvalue weighted by Gasteiger charge is -2.20. The molecule has 2 aliphatic rings. The average molecular weight is 251 g/mol. The Bertz CT molecular complexity index is 307. The first-order valence-corrected chi connectivity index (χ1v) is 6.97. The van der Waals surface area contributed by atoms with E-state index in [4.69, 9.17) is 14.2 Å². The number of rotatable bonds is 8. The van der Waals surface area contributed by atoms with Crippen LogP contribution in [0.3, 0.4) is 0 Å². The minimum absolute atomic E-state index is 0.214. The molecule has 0 aromatic rings. The molecule has 0 heterocycles. The van der Waals surface area contributed by atoms with Crippen molar-refractivity contribution >= 4 is 0 Å². The van der Waals surface area contributed by atoms with Gasteiger partial charge in [-0.25, -0.2) is 0 Å². The SMILES string of the molecule is [CH2]COC(CCOC1=CCCC1)OC1=CCCC1. The van der Waals surface area contributed by atoms with Crippen molar-refractivity contribution in [1.29, 1.82) is 0 Å². The van der Waals surface area contributed by atoms with Gasteiger partial charge in [-0.1, -0.05) is 0 Å². The molecule has 0 saturated carbocycles. The maximum atomic E-state index is 5.82. The molecule has 18 heavy (non-hydrogen) atoms. The number of ether oxygens (including phenoxy) is 3. The van der Waals surface area contributed by atoms with E-state index in [0.29, 0.717) is 13.2 Å². The fourth-order valence-electron chi connectivity index (χ4n) is 2.28. The second kappa shape index (κ2) is 7.47. The molecule has 3 nitrogen and oxygen atoms in total. The lowest BCUT2D eigenvalue weighted by Crippen LogP contribution is -2.19. The highest BCUT2D eigenvalue weighted by Crippen LogP contribution is 2.22. The minimum atomic E-state index is -0.214. The third kappa shape index (κ3) is 4.37. The Kier molecular flexibility index (Phi) is 5.59. The lowest BCUT2D eigenvalue weighted by atomic mass is 10.3. The van der Waals surface area contributed by atoms with E-state index in [1.54, 1.807) is 0 Å². The van der Waals surface area contributed by atoms with Crippen LogP contribution in [0.2, 0.25) is 0 Å². The summed E-state index contributed by atoms with van der Waals surface area (Å²) in [6, 6.07) is 0. The van der Waals surface area contributed by atoms with Crippen LogP contribution in [0.4, 0.5) is 0 Å². The van der Waals surface area contributed by atoms with Crippen molar-refractivity contribution in [2.24, 2.45) is 0 Å². The van der Waals surface area contributed by atoms with Crippen molar-refractivity contribution < 1.29 is 14.2 Å². The van der Waals surface area contributed by atoms with E-state index in [-0.39, 0.29) is 6.29 Å². The van der Waals surface area contributed by atoms with E-state index < -0.39 is 0 Å². The van der Waals surface area contributed by atoms with Crippen LogP contribution in [0.15, 0.2) is 23.7 Å². The third-order valence-corrected chi connectivity index (χ3v) is 3.23. The molecule has 0 aromatic carbocycles. The molecular formula is C15H23O3. The molecule has 0 aliphatic heterocycles. The third-order valence-electron chi connectivity index (χ3n) is 3.23. The van der Waals surface area contributed by atoms with Gasteiger partial charge in [-0.2, -0.15) is 0 Å². The maximum absolute atomic E-state index is 5.82. The monoisotopic (exact) mass is 251 g/mol. The van der Waals surface area contributed by atoms with Gasteiger partial charge in [0.15, 0.2) is 0 Å². The molecule has 0 fully saturated rings. The van der Waals surface area contributed by atoms with Crippen LogP contribution < -0.4 is 0 Å². The Morgan fingerprint density at radius 1 is 1.11 bits per heavy atom. The highest BCUT2D eigenvalue weighted by atomic mass is 16.7. The summed E-state index contributed by atoms with van der Waals surface area (Å²) in [7, 11) is 0. The van der Waals surface area contributed by atoms with Crippen molar-refractivity contribution in [1.82, 2.24) is 0 Å². The Hall–Kier alpha value is -0.960. The van der Waals surface area contributed by atoms with E-state index >= 15 is 0 Å². The summed E-state index contributed by atoms with van der Waals surface area (Å²) in [5.41, 5.74) is 0. The summed E-state index contributed by atoms with van der Waals surface area (Å²) in [6.07, 6.45) is 11.7. The molecule has 0 amide bonds. The molecule has 2 rings (SSSR count). The van der Waals surface area contributed by atoms with Crippen LogP contribution >= 0.6 is 0 Å². The smallest absolute Gasteiger partial charge is 0.202 e. The van der Waals surface area contributed by atoms with Gasteiger partial charge < -0.3 is 14.2 Å². The fourth-order valence-corrected chi connectivity index (χ4v) is 2.28. The highest BCUT2D eigenvalue weighted by molar-refractivity contribution is 5.00. The second-order valence-electron chi connectivity index (χ2n) is 4.68. The van der Waals surface area contributed by atoms with E-state index in [1.165, 1.54) is 12.8 Å². The minimum Gasteiger partial charge on any atom is -0.498 e. The van der Waals surface area contributed by atoms with Gasteiger partial charge in [0, 0.05) is 19.3 Å². The van der Waals surface area contributed by atoms with Crippen LogP contribution in [-0.4, -0.2) is 19.5 Å². The van der Waals surface area contributed by atoms with Gasteiger partial charge in [-0.3, -0.25) is 0 Å². The standard InChI is InChI=1S/C15H23O3/c1-2-16-15(18-14-9-5-6-10-14)11-12-17-13-7-3-4-8-13/h7,9,15H,1-6,8,10-12H2. The predicted octanol–water partition coefficient (Wildman–Crippen LogP) is 3.72. The van der Waals surface area contributed by atoms with E-state index in [2.05, 4.69) is 19.1 Å². The zero-order valence-corrected chi connectivity index (χ0v) is 11.0. The van der Waals surface area contributed by atoms with Gasteiger partial charge in [0.25, 0.3) is 0 Å². The molecule has 1 unspecified atom stereocenters. The molecule has 1 radical (unpaired) electrons. The van der Waals surface area contributed by atoms with Crippen molar-refractivity contribution in [2.75, 3.05) is 13.2 Å². The molecular weight excluding hydrogens is 228 g/mol. The highest BCUT2D eigenvalue weighted by Gasteiger charge is 2.15. The molecule has 0 saturated heterocycles. The molecule has 101 valence electrons. The topological polar surface area (TPSA) is 27.7 Å². The van der Waals surface area contributed by atoms with E-state index in [1.807, 2.05) is 0 Å². The predicted molar refractivity (Wildman–Crippen MR) is 70.6 cm³/mol. The Morgan fingerprint density at radius 2 is 1.83 bits per heavy atom. The zero-order chi connectivity index (χ0) is 12.6. The molecule has 0 spiro atoms. The molecule has 0 aromatic heterocycles. The van der Waals surface area contributed by atoms with Crippen molar-refractivity contribution in [3.63, 3.8) is 0 Å². The molecule has 2 aliphatic carbocycles. The quantitative estimate of drug-likeness (QED) is 0.615. The Balaban J connectivity index is 1.67. The maximum Gasteiger partial charge on any atom is 0.202 e. The molecule has 0 bridgehead atoms. The van der Waals surface area contributed by atoms with Crippen molar-refractivity contribution in [3.8, 4) is 0 Å². The fraction of sp³-hybridized carbons (Fsp3) is 0.667. The van der Waals surface area contributed by atoms with Gasteiger partial charge in [0.05, 0.1) is 24.7 Å². The summed E-state index contributed by atoms with van der Waals surface area (Å²) in [5.74, 6) is 2.19. The first-order valence-electron chi connectivity index (χ1n) is 6.97. The summed E-state index contributed by atoms with van der Waals surface area (Å²) >= 11 is 0. The average Bonchev–Trinajstić information content (AvgIpc) is 3.02. The molecule has 3 heteroatoms. The summed E-state index contributed by atoms with van der Waals surface area (Å²) < 4.78 is 17.0. The van der Waals surface area contributed by atoms with Gasteiger partial charge in [-0.15, -0.1) is 0 Å². The molecule has 1 atom stereocenters. The number of hydrogen-bond donors (Lipinski definition) is 0. The zero-order valence-electron chi connectivity index (χ0n) is 11.0. The Labute approximate surface area is 110 Å². The van der Waals surface area contributed by atoms with E-state index in [0.717, 1.165) is 43.6 Å². The summed E-state index contributed by atoms with van der Waals surface area (Å²) in [4.78, 5) is 0. The van der Waals surface area contributed by atoms with E-state index in [9.17, 15) is 0 Å². The molecule has 0 N–H and O–H groups in total. The van der Waals surface area contributed by atoms with Crippen molar-refractivity contribution in [3.05, 3.63) is 30.6 Å². The number of allylic oxidation sites excluding steroid dienone is 4.